The molecule has 7 nitrogen and oxygen atoms in total. The average Bonchev–Trinajstić information content (AvgIpc) is 2.96. The van der Waals surface area contributed by atoms with Crippen LogP contribution in [0.2, 0.25) is 0 Å². The van der Waals surface area contributed by atoms with Gasteiger partial charge in [0, 0.05) is 25.5 Å². The van der Waals surface area contributed by atoms with E-state index in [4.69, 9.17) is 5.73 Å². The maximum atomic E-state index is 11.9. The molecule has 0 unspecified atom stereocenters. The molecule has 1 heterocycles. The third kappa shape index (κ3) is 4.22. The highest BCUT2D eigenvalue weighted by molar-refractivity contribution is 5.81. The van der Waals surface area contributed by atoms with Crippen molar-refractivity contribution in [2.45, 2.75) is 19.0 Å². The molecule has 0 aliphatic rings. The van der Waals surface area contributed by atoms with Crippen LogP contribution in [0.3, 0.4) is 0 Å². The predicted molar refractivity (Wildman–Crippen MR) is 76.7 cm³/mol. The van der Waals surface area contributed by atoms with Crippen LogP contribution in [0.1, 0.15) is 5.56 Å². The SMILES string of the molecule is N[C@@H](Cc1ccc(O)c(O)c1)C(=O)NCCn1ccnc1. The largest absolute Gasteiger partial charge is 0.504 e. The molecule has 21 heavy (non-hydrogen) atoms. The van der Waals surface area contributed by atoms with E-state index in [0.29, 0.717) is 18.7 Å². The summed E-state index contributed by atoms with van der Waals surface area (Å²) in [5, 5.41) is 21.4. The first-order chi connectivity index (χ1) is 10.1. The second kappa shape index (κ2) is 6.76. The molecular formula is C14H18N4O3. The maximum Gasteiger partial charge on any atom is 0.237 e. The Kier molecular flexibility index (Phi) is 4.78. The number of aromatic hydroxyl groups is 2. The van der Waals surface area contributed by atoms with Crippen LogP contribution in [0.25, 0.3) is 0 Å². The standard InChI is InChI=1S/C14H18N4O3/c15-11(7-10-1-2-12(19)13(20)8-10)14(21)17-4-6-18-5-3-16-9-18/h1-3,5,8-9,11,19-20H,4,6-7,15H2,(H,17,21)/t11-/m0/s1. The average molecular weight is 290 g/mol. The van der Waals surface area contributed by atoms with Gasteiger partial charge in [-0.1, -0.05) is 6.07 Å². The molecule has 0 radical (unpaired) electrons. The maximum absolute atomic E-state index is 11.9. The van der Waals surface area contributed by atoms with E-state index in [-0.39, 0.29) is 23.8 Å². The number of aromatic nitrogens is 2. The van der Waals surface area contributed by atoms with Gasteiger partial charge in [0.15, 0.2) is 11.5 Å². The number of hydrogen-bond acceptors (Lipinski definition) is 5. The predicted octanol–water partition coefficient (Wildman–Crippen LogP) is -0.0195. The van der Waals surface area contributed by atoms with Gasteiger partial charge >= 0.3 is 0 Å². The Morgan fingerprint density at radius 2 is 2.19 bits per heavy atom. The summed E-state index contributed by atoms with van der Waals surface area (Å²) in [6.45, 7) is 1.09. The van der Waals surface area contributed by atoms with Crippen LogP contribution < -0.4 is 11.1 Å². The van der Waals surface area contributed by atoms with Crippen molar-refractivity contribution in [2.75, 3.05) is 6.54 Å². The minimum Gasteiger partial charge on any atom is -0.504 e. The molecule has 0 spiro atoms. The van der Waals surface area contributed by atoms with Crippen LogP contribution >= 0.6 is 0 Å². The number of nitrogens with zero attached hydrogens (tertiary/aromatic N) is 2. The van der Waals surface area contributed by atoms with Crippen LogP contribution in [-0.2, 0) is 17.8 Å². The highest BCUT2D eigenvalue weighted by Crippen LogP contribution is 2.25. The first-order valence-corrected chi connectivity index (χ1v) is 6.56. The van der Waals surface area contributed by atoms with Crippen molar-refractivity contribution in [3.05, 3.63) is 42.5 Å². The van der Waals surface area contributed by atoms with Gasteiger partial charge in [0.2, 0.25) is 5.91 Å². The molecule has 0 saturated heterocycles. The van der Waals surface area contributed by atoms with E-state index in [0.717, 1.165) is 0 Å². The lowest BCUT2D eigenvalue weighted by Crippen LogP contribution is -2.43. The van der Waals surface area contributed by atoms with E-state index in [2.05, 4.69) is 10.3 Å². The molecule has 1 amide bonds. The second-order valence-electron chi connectivity index (χ2n) is 4.73. The quantitative estimate of drug-likeness (QED) is 0.558. The van der Waals surface area contributed by atoms with Gasteiger partial charge in [-0.05, 0) is 24.1 Å². The fourth-order valence-corrected chi connectivity index (χ4v) is 1.90. The Labute approximate surface area is 122 Å². The summed E-state index contributed by atoms with van der Waals surface area (Å²) in [6.07, 6.45) is 5.44. The van der Waals surface area contributed by atoms with Gasteiger partial charge in [-0.3, -0.25) is 4.79 Å². The van der Waals surface area contributed by atoms with E-state index in [1.165, 1.54) is 12.1 Å². The number of carbonyl (C=O) groups is 1. The second-order valence-corrected chi connectivity index (χ2v) is 4.73. The molecule has 0 aliphatic heterocycles. The van der Waals surface area contributed by atoms with Crippen molar-refractivity contribution in [1.29, 1.82) is 0 Å². The lowest BCUT2D eigenvalue weighted by Gasteiger charge is -2.13. The van der Waals surface area contributed by atoms with Gasteiger partial charge in [0.25, 0.3) is 0 Å². The van der Waals surface area contributed by atoms with E-state index in [1.807, 2.05) is 10.8 Å². The van der Waals surface area contributed by atoms with Crippen molar-refractivity contribution >= 4 is 5.91 Å². The summed E-state index contributed by atoms with van der Waals surface area (Å²) in [5.41, 5.74) is 6.50. The first-order valence-electron chi connectivity index (χ1n) is 6.56. The third-order valence-corrected chi connectivity index (χ3v) is 3.06. The first kappa shape index (κ1) is 14.9. The normalized spacial score (nSPS) is 12.0. The molecule has 112 valence electrons. The zero-order valence-electron chi connectivity index (χ0n) is 11.4. The summed E-state index contributed by atoms with van der Waals surface area (Å²) < 4.78 is 1.85. The number of rotatable bonds is 6. The number of phenolic OH excluding ortho intramolecular Hbond substituents is 2. The molecule has 0 saturated carbocycles. The molecule has 0 aliphatic carbocycles. The lowest BCUT2D eigenvalue weighted by atomic mass is 10.1. The molecule has 2 rings (SSSR count). The van der Waals surface area contributed by atoms with Gasteiger partial charge in [0.05, 0.1) is 12.4 Å². The summed E-state index contributed by atoms with van der Waals surface area (Å²) in [5.74, 6) is -0.681. The van der Waals surface area contributed by atoms with Crippen molar-refractivity contribution in [3.8, 4) is 11.5 Å². The highest BCUT2D eigenvalue weighted by Gasteiger charge is 2.14. The number of carbonyl (C=O) groups excluding carboxylic acids is 1. The van der Waals surface area contributed by atoms with Gasteiger partial charge < -0.3 is 25.8 Å². The summed E-state index contributed by atoms with van der Waals surface area (Å²) in [7, 11) is 0. The summed E-state index contributed by atoms with van der Waals surface area (Å²) in [4.78, 5) is 15.8. The number of imidazole rings is 1. The lowest BCUT2D eigenvalue weighted by molar-refractivity contribution is -0.122. The Bertz CT molecular complexity index is 598. The van der Waals surface area contributed by atoms with Crippen molar-refractivity contribution in [1.82, 2.24) is 14.9 Å². The minimum atomic E-state index is -0.711. The number of benzene rings is 1. The Balaban J connectivity index is 1.80. The van der Waals surface area contributed by atoms with Gasteiger partial charge in [0.1, 0.15) is 0 Å². The zero-order valence-corrected chi connectivity index (χ0v) is 11.4. The Morgan fingerprint density at radius 3 is 2.86 bits per heavy atom. The highest BCUT2D eigenvalue weighted by atomic mass is 16.3. The number of nitrogens with two attached hydrogens (primary N) is 1. The van der Waals surface area contributed by atoms with Crippen molar-refractivity contribution in [3.63, 3.8) is 0 Å². The fourth-order valence-electron chi connectivity index (χ4n) is 1.90. The van der Waals surface area contributed by atoms with E-state index in [1.54, 1.807) is 18.6 Å². The molecule has 0 bridgehead atoms. The molecule has 1 aromatic carbocycles. The Hall–Kier alpha value is -2.54. The molecule has 0 fully saturated rings. The van der Waals surface area contributed by atoms with E-state index >= 15 is 0 Å². The molecule has 1 atom stereocenters. The fraction of sp³-hybridized carbons (Fsp3) is 0.286. The van der Waals surface area contributed by atoms with Crippen LogP contribution in [-0.4, -0.2) is 38.3 Å². The molecule has 5 N–H and O–H groups in total. The number of hydrogen-bond donors (Lipinski definition) is 4. The minimum absolute atomic E-state index is 0.197. The Morgan fingerprint density at radius 1 is 1.38 bits per heavy atom. The van der Waals surface area contributed by atoms with Gasteiger partial charge in [-0.25, -0.2) is 4.98 Å². The summed E-state index contributed by atoms with van der Waals surface area (Å²) in [6, 6.07) is 3.67. The zero-order chi connectivity index (χ0) is 15.2. The molecule has 7 heteroatoms. The van der Waals surface area contributed by atoms with E-state index in [9.17, 15) is 15.0 Å². The topological polar surface area (TPSA) is 113 Å². The van der Waals surface area contributed by atoms with Gasteiger partial charge in [-0.2, -0.15) is 0 Å². The number of nitrogens with one attached hydrogen (secondary N) is 1. The smallest absolute Gasteiger partial charge is 0.237 e. The summed E-state index contributed by atoms with van der Waals surface area (Å²) >= 11 is 0. The molecular weight excluding hydrogens is 272 g/mol. The van der Waals surface area contributed by atoms with Crippen LogP contribution in [0.5, 0.6) is 11.5 Å². The third-order valence-electron chi connectivity index (χ3n) is 3.06. The van der Waals surface area contributed by atoms with Crippen LogP contribution in [0.15, 0.2) is 36.9 Å². The molecule has 1 aromatic heterocycles. The van der Waals surface area contributed by atoms with Crippen LogP contribution in [0, 0.1) is 0 Å². The van der Waals surface area contributed by atoms with Crippen LogP contribution in [0.4, 0.5) is 0 Å². The van der Waals surface area contributed by atoms with Crippen molar-refractivity contribution < 1.29 is 15.0 Å². The van der Waals surface area contributed by atoms with Gasteiger partial charge in [-0.15, -0.1) is 0 Å². The monoisotopic (exact) mass is 290 g/mol. The van der Waals surface area contributed by atoms with E-state index < -0.39 is 6.04 Å². The van der Waals surface area contributed by atoms with Crippen molar-refractivity contribution in [2.24, 2.45) is 5.73 Å². The molecule has 2 aromatic rings. The number of phenols is 2. The number of amides is 1.